The van der Waals surface area contributed by atoms with Gasteiger partial charge in [-0.3, -0.25) is 9.59 Å². The molecule has 2 amide bonds. The van der Waals surface area contributed by atoms with Crippen LogP contribution in [-0.2, 0) is 22.6 Å². The Kier molecular flexibility index (Phi) is 6.99. The highest BCUT2D eigenvalue weighted by molar-refractivity contribution is 6.31. The van der Waals surface area contributed by atoms with Crippen molar-refractivity contribution in [3.63, 3.8) is 0 Å². The SMILES string of the molecule is O=C1CCCN1C[C@@H]1c2c(OCc3cncnc3)ccc(Cl)c2CCN1C(=O)C1CCCCC1. The molecule has 0 radical (unpaired) electrons. The van der Waals surface area contributed by atoms with E-state index >= 15 is 0 Å². The van der Waals surface area contributed by atoms with Gasteiger partial charge in [0.05, 0.1) is 6.04 Å². The Labute approximate surface area is 205 Å². The number of carbonyl (C=O) groups is 2. The lowest BCUT2D eigenvalue weighted by Gasteiger charge is -2.42. The fourth-order valence-electron chi connectivity index (χ4n) is 5.61. The number of carbonyl (C=O) groups excluding carboxylic acids is 2. The number of amides is 2. The van der Waals surface area contributed by atoms with Gasteiger partial charge in [0.15, 0.2) is 0 Å². The summed E-state index contributed by atoms with van der Waals surface area (Å²) in [4.78, 5) is 38.3. The lowest BCUT2D eigenvalue weighted by atomic mass is 9.85. The van der Waals surface area contributed by atoms with Gasteiger partial charge in [-0.2, -0.15) is 0 Å². The number of hydrogen-bond donors (Lipinski definition) is 0. The number of hydrogen-bond acceptors (Lipinski definition) is 5. The molecular weight excluding hydrogens is 452 g/mol. The van der Waals surface area contributed by atoms with E-state index in [0.717, 1.165) is 55.3 Å². The Morgan fingerprint density at radius 2 is 1.85 bits per heavy atom. The summed E-state index contributed by atoms with van der Waals surface area (Å²) < 4.78 is 6.26. The minimum absolute atomic E-state index is 0.0668. The zero-order chi connectivity index (χ0) is 23.5. The number of aromatic nitrogens is 2. The third-order valence-electron chi connectivity index (χ3n) is 7.38. The van der Waals surface area contributed by atoms with Crippen LogP contribution in [0.25, 0.3) is 0 Å². The normalized spacial score (nSPS) is 21.0. The highest BCUT2D eigenvalue weighted by Gasteiger charge is 2.39. The highest BCUT2D eigenvalue weighted by atomic mass is 35.5. The molecular formula is C26H31ClN4O3. The fourth-order valence-corrected chi connectivity index (χ4v) is 5.87. The van der Waals surface area contributed by atoms with Gasteiger partial charge in [-0.1, -0.05) is 30.9 Å². The average molecular weight is 483 g/mol. The van der Waals surface area contributed by atoms with Crippen molar-refractivity contribution >= 4 is 23.4 Å². The zero-order valence-corrected chi connectivity index (χ0v) is 20.2. The van der Waals surface area contributed by atoms with Gasteiger partial charge in [0.25, 0.3) is 0 Å². The molecule has 1 atom stereocenters. The van der Waals surface area contributed by atoms with Crippen LogP contribution in [0.5, 0.6) is 5.75 Å². The van der Waals surface area contributed by atoms with Crippen molar-refractivity contribution in [1.82, 2.24) is 19.8 Å². The molecule has 34 heavy (non-hydrogen) atoms. The van der Waals surface area contributed by atoms with Crippen molar-refractivity contribution in [2.45, 2.75) is 64.0 Å². The fraction of sp³-hybridized carbons (Fsp3) is 0.538. The van der Waals surface area contributed by atoms with Gasteiger partial charge >= 0.3 is 0 Å². The van der Waals surface area contributed by atoms with Gasteiger partial charge in [-0.25, -0.2) is 9.97 Å². The number of fused-ring (bicyclic) bond motifs is 1. The summed E-state index contributed by atoms with van der Waals surface area (Å²) in [7, 11) is 0. The van der Waals surface area contributed by atoms with Crippen molar-refractivity contribution < 1.29 is 14.3 Å². The monoisotopic (exact) mass is 482 g/mol. The number of halogens is 1. The van der Waals surface area contributed by atoms with Crippen molar-refractivity contribution in [3.05, 3.63) is 52.6 Å². The molecule has 0 N–H and O–H groups in total. The molecule has 8 heteroatoms. The number of nitrogens with zero attached hydrogens (tertiary/aromatic N) is 4. The first-order chi connectivity index (χ1) is 16.6. The third-order valence-corrected chi connectivity index (χ3v) is 7.74. The van der Waals surface area contributed by atoms with Crippen molar-refractivity contribution in [2.24, 2.45) is 5.92 Å². The van der Waals surface area contributed by atoms with Gasteiger partial charge in [0.2, 0.25) is 11.8 Å². The first kappa shape index (κ1) is 23.1. The quantitative estimate of drug-likeness (QED) is 0.612. The highest BCUT2D eigenvalue weighted by Crippen LogP contribution is 2.42. The van der Waals surface area contributed by atoms with E-state index in [1.165, 1.54) is 12.7 Å². The summed E-state index contributed by atoms with van der Waals surface area (Å²) in [5, 5.41) is 0.688. The number of likely N-dealkylation sites (tertiary alicyclic amines) is 1. The summed E-state index contributed by atoms with van der Waals surface area (Å²) in [5.41, 5.74) is 2.83. The van der Waals surface area contributed by atoms with Gasteiger partial charge in [-0.15, -0.1) is 0 Å². The summed E-state index contributed by atoms with van der Waals surface area (Å²) in [6.45, 7) is 2.15. The van der Waals surface area contributed by atoms with Gasteiger partial charge in [0, 0.05) is 60.5 Å². The second-order valence-electron chi connectivity index (χ2n) is 9.55. The smallest absolute Gasteiger partial charge is 0.226 e. The maximum atomic E-state index is 13.7. The van der Waals surface area contributed by atoms with E-state index in [1.807, 2.05) is 21.9 Å². The van der Waals surface area contributed by atoms with Crippen LogP contribution in [0, 0.1) is 5.92 Å². The lowest BCUT2D eigenvalue weighted by Crippen LogP contribution is -2.48. The molecule has 5 rings (SSSR count). The van der Waals surface area contributed by atoms with Gasteiger partial charge in [-0.05, 0) is 43.4 Å². The number of ether oxygens (including phenoxy) is 1. The second kappa shape index (κ2) is 10.3. The Hall–Kier alpha value is -2.67. The van der Waals surface area contributed by atoms with E-state index in [4.69, 9.17) is 16.3 Å². The van der Waals surface area contributed by atoms with Gasteiger partial charge in [0.1, 0.15) is 18.7 Å². The molecule has 0 bridgehead atoms. The standard InChI is InChI=1S/C26H31ClN4O3/c27-21-8-9-23(34-16-18-13-28-17-29-14-18)25-20(21)10-12-31(26(33)19-5-2-1-3-6-19)22(25)15-30-11-4-7-24(30)32/h8-9,13-14,17,19,22H,1-7,10-12,15-16H2/t22-/m1/s1. The largest absolute Gasteiger partial charge is 0.488 e. The molecule has 2 fully saturated rings. The Morgan fingerprint density at radius 3 is 2.59 bits per heavy atom. The molecule has 180 valence electrons. The molecule has 0 unspecified atom stereocenters. The van der Waals surface area contributed by atoms with E-state index < -0.39 is 0 Å². The van der Waals surface area contributed by atoms with Crippen molar-refractivity contribution in [3.8, 4) is 5.75 Å². The topological polar surface area (TPSA) is 75.6 Å². The molecule has 1 saturated carbocycles. The minimum Gasteiger partial charge on any atom is -0.488 e. The van der Waals surface area contributed by atoms with Crippen LogP contribution in [0.2, 0.25) is 5.02 Å². The molecule has 3 aliphatic rings. The summed E-state index contributed by atoms with van der Waals surface area (Å²) in [6.07, 6.45) is 12.4. The van der Waals surface area contributed by atoms with Crippen LogP contribution in [0.3, 0.4) is 0 Å². The van der Waals surface area contributed by atoms with Gasteiger partial charge < -0.3 is 14.5 Å². The van der Waals surface area contributed by atoms with Crippen LogP contribution in [0.15, 0.2) is 30.9 Å². The predicted octanol–water partition coefficient (Wildman–Crippen LogP) is 4.34. The van der Waals surface area contributed by atoms with E-state index in [2.05, 4.69) is 9.97 Å². The predicted molar refractivity (Wildman–Crippen MR) is 128 cm³/mol. The molecule has 1 saturated heterocycles. The second-order valence-corrected chi connectivity index (χ2v) is 9.96. The summed E-state index contributed by atoms with van der Waals surface area (Å²) in [5.74, 6) is 1.14. The minimum atomic E-state index is -0.263. The Balaban J connectivity index is 1.49. The number of benzene rings is 1. The van der Waals surface area contributed by atoms with Crippen molar-refractivity contribution in [1.29, 1.82) is 0 Å². The Morgan fingerprint density at radius 1 is 1.06 bits per heavy atom. The molecule has 3 heterocycles. The molecule has 1 aromatic heterocycles. The first-order valence-electron chi connectivity index (χ1n) is 12.4. The molecule has 2 aromatic rings. The maximum Gasteiger partial charge on any atom is 0.226 e. The molecule has 0 spiro atoms. The van der Waals surface area contributed by atoms with E-state index in [1.54, 1.807) is 12.4 Å². The third kappa shape index (κ3) is 4.76. The molecule has 1 aliphatic carbocycles. The van der Waals surface area contributed by atoms with Crippen LogP contribution in [0.1, 0.15) is 67.7 Å². The maximum absolute atomic E-state index is 13.7. The summed E-state index contributed by atoms with van der Waals surface area (Å²) >= 11 is 6.66. The number of rotatable bonds is 6. The van der Waals surface area contributed by atoms with E-state index in [0.29, 0.717) is 43.3 Å². The Bertz CT molecular complexity index is 1040. The van der Waals surface area contributed by atoms with Crippen LogP contribution < -0.4 is 4.74 Å². The molecule has 7 nitrogen and oxygen atoms in total. The van der Waals surface area contributed by atoms with E-state index in [9.17, 15) is 9.59 Å². The molecule has 1 aromatic carbocycles. The molecule has 2 aliphatic heterocycles. The van der Waals surface area contributed by atoms with Crippen molar-refractivity contribution in [2.75, 3.05) is 19.6 Å². The zero-order valence-electron chi connectivity index (χ0n) is 19.4. The lowest BCUT2D eigenvalue weighted by molar-refractivity contribution is -0.141. The summed E-state index contributed by atoms with van der Waals surface area (Å²) in [6, 6.07) is 3.49. The van der Waals surface area contributed by atoms with Crippen LogP contribution in [-0.4, -0.2) is 51.2 Å². The van der Waals surface area contributed by atoms with Crippen LogP contribution in [0.4, 0.5) is 0 Å². The van der Waals surface area contributed by atoms with Crippen LogP contribution >= 0.6 is 11.6 Å². The average Bonchev–Trinajstić information content (AvgIpc) is 3.28. The van der Waals surface area contributed by atoms with E-state index in [-0.39, 0.29) is 23.8 Å². The first-order valence-corrected chi connectivity index (χ1v) is 12.8.